The Hall–Kier alpha value is -1.68. The summed E-state index contributed by atoms with van der Waals surface area (Å²) in [5, 5.41) is 0. The summed E-state index contributed by atoms with van der Waals surface area (Å²) in [6.45, 7) is 2.52. The van der Waals surface area contributed by atoms with Gasteiger partial charge in [-0.2, -0.15) is 5.48 Å². The Balaban J connectivity index is 1.49. The predicted molar refractivity (Wildman–Crippen MR) is 75.3 cm³/mol. The Bertz CT molecular complexity index is 401. The van der Waals surface area contributed by atoms with Crippen molar-refractivity contribution in [1.82, 2.24) is 5.48 Å². The molecule has 0 amide bonds. The number of hydrogen-bond donors (Lipinski definition) is 1. The number of hydrogen-bond acceptors (Lipinski definition) is 3. The molecule has 2 aromatic carbocycles. The minimum atomic E-state index is 0.569. The molecule has 2 aromatic rings. The first-order chi connectivity index (χ1) is 9.45. The summed E-state index contributed by atoms with van der Waals surface area (Å²) in [4.78, 5) is 5.34. The van der Waals surface area contributed by atoms with E-state index in [9.17, 15) is 0 Å². The Labute approximate surface area is 114 Å². The van der Waals surface area contributed by atoms with Crippen LogP contribution in [-0.4, -0.2) is 13.2 Å². The van der Waals surface area contributed by atoms with Gasteiger partial charge in [0.15, 0.2) is 0 Å². The van der Waals surface area contributed by atoms with Gasteiger partial charge in [0.2, 0.25) is 0 Å². The standard InChI is InChI=1S/C16H19NO2/c1-3-7-15(8-4-1)13-18-12-11-17-19-14-16-9-5-2-6-10-16/h1-10,17H,11-14H2. The summed E-state index contributed by atoms with van der Waals surface area (Å²) in [7, 11) is 0. The van der Waals surface area contributed by atoms with Crippen molar-refractivity contribution in [1.29, 1.82) is 0 Å². The molecule has 0 aliphatic heterocycles. The predicted octanol–water partition coefficient (Wildman–Crippen LogP) is 2.92. The molecule has 0 radical (unpaired) electrons. The first-order valence-electron chi connectivity index (χ1n) is 6.45. The first kappa shape index (κ1) is 13.7. The van der Waals surface area contributed by atoms with Crippen LogP contribution in [0.15, 0.2) is 60.7 Å². The second kappa shape index (κ2) is 8.43. The van der Waals surface area contributed by atoms with Gasteiger partial charge in [-0.1, -0.05) is 60.7 Å². The monoisotopic (exact) mass is 257 g/mol. The van der Waals surface area contributed by atoms with Gasteiger partial charge in [0.1, 0.15) is 0 Å². The average molecular weight is 257 g/mol. The molecule has 0 aromatic heterocycles. The van der Waals surface area contributed by atoms with Crippen LogP contribution in [0.2, 0.25) is 0 Å². The molecule has 0 bridgehead atoms. The van der Waals surface area contributed by atoms with E-state index < -0.39 is 0 Å². The summed E-state index contributed by atoms with van der Waals surface area (Å²) >= 11 is 0. The van der Waals surface area contributed by atoms with Gasteiger partial charge in [-0.25, -0.2) is 0 Å². The maximum absolute atomic E-state index is 5.53. The van der Waals surface area contributed by atoms with E-state index in [-0.39, 0.29) is 0 Å². The van der Waals surface area contributed by atoms with Gasteiger partial charge in [-0.15, -0.1) is 0 Å². The zero-order valence-electron chi connectivity index (χ0n) is 10.9. The quantitative estimate of drug-likeness (QED) is 0.582. The molecule has 0 aliphatic carbocycles. The van der Waals surface area contributed by atoms with Crippen molar-refractivity contribution < 1.29 is 9.57 Å². The van der Waals surface area contributed by atoms with Crippen LogP contribution in [0.3, 0.4) is 0 Å². The van der Waals surface area contributed by atoms with Gasteiger partial charge in [0.05, 0.1) is 19.8 Å². The summed E-state index contributed by atoms with van der Waals surface area (Å²) in [6.07, 6.45) is 0. The molecule has 0 fully saturated rings. The maximum Gasteiger partial charge on any atom is 0.0933 e. The zero-order valence-corrected chi connectivity index (χ0v) is 10.9. The Kier molecular flexibility index (Phi) is 6.10. The van der Waals surface area contributed by atoms with E-state index in [0.717, 1.165) is 5.56 Å². The lowest BCUT2D eigenvalue weighted by atomic mass is 10.2. The number of hydroxylamine groups is 1. The highest BCUT2D eigenvalue weighted by molar-refractivity contribution is 5.13. The van der Waals surface area contributed by atoms with Crippen LogP contribution in [0.4, 0.5) is 0 Å². The largest absolute Gasteiger partial charge is 0.375 e. The SMILES string of the molecule is c1ccc(COCCNOCc2ccccc2)cc1. The number of ether oxygens (including phenoxy) is 1. The summed E-state index contributed by atoms with van der Waals surface area (Å²) in [6, 6.07) is 20.2. The Morgan fingerprint density at radius 3 is 1.95 bits per heavy atom. The normalized spacial score (nSPS) is 10.5. The Morgan fingerprint density at radius 2 is 1.32 bits per heavy atom. The molecule has 100 valence electrons. The summed E-state index contributed by atoms with van der Waals surface area (Å²) in [5.74, 6) is 0. The lowest BCUT2D eigenvalue weighted by molar-refractivity contribution is 0.00725. The highest BCUT2D eigenvalue weighted by atomic mass is 16.6. The van der Waals surface area contributed by atoms with E-state index in [1.165, 1.54) is 5.56 Å². The second-order valence-electron chi connectivity index (χ2n) is 4.21. The van der Waals surface area contributed by atoms with Gasteiger partial charge < -0.3 is 4.74 Å². The highest BCUT2D eigenvalue weighted by Gasteiger charge is 1.93. The second-order valence-corrected chi connectivity index (χ2v) is 4.21. The zero-order chi connectivity index (χ0) is 13.2. The molecule has 1 N–H and O–H groups in total. The molecular formula is C16H19NO2. The molecule has 0 unspecified atom stereocenters. The van der Waals surface area contributed by atoms with Crippen LogP contribution in [0.5, 0.6) is 0 Å². The molecule has 0 heterocycles. The third-order valence-electron chi connectivity index (χ3n) is 2.64. The van der Waals surface area contributed by atoms with Crippen LogP contribution in [0.25, 0.3) is 0 Å². The molecule has 0 atom stereocenters. The highest BCUT2D eigenvalue weighted by Crippen LogP contribution is 2.00. The van der Waals surface area contributed by atoms with Crippen LogP contribution < -0.4 is 5.48 Å². The van der Waals surface area contributed by atoms with Crippen molar-refractivity contribution in [3.8, 4) is 0 Å². The van der Waals surface area contributed by atoms with Gasteiger partial charge in [0.25, 0.3) is 0 Å². The van der Waals surface area contributed by atoms with Crippen LogP contribution in [-0.2, 0) is 22.8 Å². The molecule has 3 nitrogen and oxygen atoms in total. The van der Waals surface area contributed by atoms with Gasteiger partial charge in [0, 0.05) is 6.54 Å². The van der Waals surface area contributed by atoms with Crippen LogP contribution in [0, 0.1) is 0 Å². The molecule has 3 heteroatoms. The number of benzene rings is 2. The molecule has 0 spiro atoms. The van der Waals surface area contributed by atoms with E-state index in [2.05, 4.69) is 17.6 Å². The fourth-order valence-corrected chi connectivity index (χ4v) is 1.66. The van der Waals surface area contributed by atoms with Crippen molar-refractivity contribution in [3.05, 3.63) is 71.8 Å². The van der Waals surface area contributed by atoms with Gasteiger partial charge >= 0.3 is 0 Å². The number of rotatable bonds is 8. The van der Waals surface area contributed by atoms with Crippen molar-refractivity contribution in [2.45, 2.75) is 13.2 Å². The number of nitrogens with one attached hydrogen (secondary N) is 1. The van der Waals surface area contributed by atoms with E-state index in [1.807, 2.05) is 48.5 Å². The molecular weight excluding hydrogens is 238 g/mol. The van der Waals surface area contributed by atoms with Crippen LogP contribution >= 0.6 is 0 Å². The molecule has 0 saturated heterocycles. The third-order valence-corrected chi connectivity index (χ3v) is 2.64. The van der Waals surface area contributed by atoms with E-state index in [0.29, 0.717) is 26.4 Å². The van der Waals surface area contributed by atoms with Crippen molar-refractivity contribution in [2.75, 3.05) is 13.2 Å². The van der Waals surface area contributed by atoms with E-state index >= 15 is 0 Å². The van der Waals surface area contributed by atoms with Crippen molar-refractivity contribution in [2.24, 2.45) is 0 Å². The smallest absolute Gasteiger partial charge is 0.0933 e. The van der Waals surface area contributed by atoms with E-state index in [1.54, 1.807) is 0 Å². The molecule has 2 rings (SSSR count). The lowest BCUT2D eigenvalue weighted by Gasteiger charge is -2.07. The van der Waals surface area contributed by atoms with Crippen LogP contribution in [0.1, 0.15) is 11.1 Å². The van der Waals surface area contributed by atoms with Crippen molar-refractivity contribution >= 4 is 0 Å². The minimum Gasteiger partial charge on any atom is -0.375 e. The lowest BCUT2D eigenvalue weighted by Crippen LogP contribution is -2.20. The third kappa shape index (κ3) is 5.66. The van der Waals surface area contributed by atoms with Crippen molar-refractivity contribution in [3.63, 3.8) is 0 Å². The fourth-order valence-electron chi connectivity index (χ4n) is 1.66. The summed E-state index contributed by atoms with van der Waals surface area (Å²) < 4.78 is 5.53. The molecule has 19 heavy (non-hydrogen) atoms. The first-order valence-corrected chi connectivity index (χ1v) is 6.45. The topological polar surface area (TPSA) is 30.5 Å². The van der Waals surface area contributed by atoms with Gasteiger partial charge in [-0.05, 0) is 11.1 Å². The Morgan fingerprint density at radius 1 is 0.737 bits per heavy atom. The fraction of sp³-hybridized carbons (Fsp3) is 0.250. The van der Waals surface area contributed by atoms with E-state index in [4.69, 9.17) is 9.57 Å². The summed E-state index contributed by atoms with van der Waals surface area (Å²) in [5.41, 5.74) is 5.24. The van der Waals surface area contributed by atoms with Gasteiger partial charge in [-0.3, -0.25) is 4.84 Å². The maximum atomic E-state index is 5.53. The molecule has 0 saturated carbocycles. The average Bonchev–Trinajstić information content (AvgIpc) is 2.48. The minimum absolute atomic E-state index is 0.569. The molecule has 0 aliphatic rings.